The Kier molecular flexibility index (Phi) is 6.90. The number of aliphatic imine (C=N–C) groups is 1. The van der Waals surface area contributed by atoms with Crippen molar-refractivity contribution in [2.24, 2.45) is 10.9 Å². The average molecular weight is 316 g/mol. The van der Waals surface area contributed by atoms with Crippen LogP contribution >= 0.6 is 0 Å². The van der Waals surface area contributed by atoms with Gasteiger partial charge in [-0.2, -0.15) is 0 Å². The summed E-state index contributed by atoms with van der Waals surface area (Å²) in [5.74, 6) is 2.12. The number of rotatable bonds is 6. The van der Waals surface area contributed by atoms with E-state index in [4.69, 9.17) is 0 Å². The standard InChI is InChI=1S/C19H32N4/c1-5-23-11-10-17(14-23)13-22-19(20-4)21-12-16(3)18-8-6-15(2)7-9-18/h6-9,16-17H,5,10-14H2,1-4H3,(H2,20,21,22). The zero-order chi connectivity index (χ0) is 16.7. The minimum absolute atomic E-state index is 0.469. The third-order valence-corrected chi connectivity index (χ3v) is 4.82. The number of hydrogen-bond donors (Lipinski definition) is 2. The number of likely N-dealkylation sites (tertiary alicyclic amines) is 1. The molecule has 0 aliphatic carbocycles. The maximum Gasteiger partial charge on any atom is 0.191 e. The Morgan fingerprint density at radius 1 is 1.30 bits per heavy atom. The van der Waals surface area contributed by atoms with Gasteiger partial charge in [0.25, 0.3) is 0 Å². The van der Waals surface area contributed by atoms with Gasteiger partial charge >= 0.3 is 0 Å². The van der Waals surface area contributed by atoms with Crippen molar-refractivity contribution < 1.29 is 0 Å². The van der Waals surface area contributed by atoms with Gasteiger partial charge in [-0.25, -0.2) is 0 Å². The molecule has 1 heterocycles. The lowest BCUT2D eigenvalue weighted by Crippen LogP contribution is -2.41. The molecule has 1 saturated heterocycles. The van der Waals surface area contributed by atoms with Gasteiger partial charge in [0.2, 0.25) is 0 Å². The fourth-order valence-electron chi connectivity index (χ4n) is 3.09. The van der Waals surface area contributed by atoms with E-state index in [0.717, 1.165) is 31.5 Å². The fraction of sp³-hybridized carbons (Fsp3) is 0.632. The maximum atomic E-state index is 4.35. The minimum atomic E-state index is 0.469. The van der Waals surface area contributed by atoms with Crippen LogP contribution in [0, 0.1) is 12.8 Å². The van der Waals surface area contributed by atoms with Crippen molar-refractivity contribution in [2.45, 2.75) is 33.1 Å². The first kappa shape index (κ1) is 17.8. The summed E-state index contributed by atoms with van der Waals surface area (Å²) in [6.45, 7) is 12.1. The molecule has 0 saturated carbocycles. The second-order valence-corrected chi connectivity index (χ2v) is 6.69. The molecule has 0 amide bonds. The van der Waals surface area contributed by atoms with E-state index < -0.39 is 0 Å². The molecule has 1 aromatic rings. The minimum Gasteiger partial charge on any atom is -0.356 e. The van der Waals surface area contributed by atoms with Crippen LogP contribution in [0.2, 0.25) is 0 Å². The molecule has 4 nitrogen and oxygen atoms in total. The van der Waals surface area contributed by atoms with Crippen LogP contribution in [0.5, 0.6) is 0 Å². The van der Waals surface area contributed by atoms with Crippen LogP contribution in [0.3, 0.4) is 0 Å². The molecule has 128 valence electrons. The molecule has 1 aliphatic heterocycles. The molecular weight excluding hydrogens is 284 g/mol. The number of aryl methyl sites for hydroxylation is 1. The third kappa shape index (κ3) is 5.54. The van der Waals surface area contributed by atoms with E-state index in [1.165, 1.54) is 30.6 Å². The van der Waals surface area contributed by atoms with Gasteiger partial charge in [0, 0.05) is 26.7 Å². The lowest BCUT2D eigenvalue weighted by Gasteiger charge is -2.18. The largest absolute Gasteiger partial charge is 0.356 e. The summed E-state index contributed by atoms with van der Waals surface area (Å²) in [6, 6.07) is 8.79. The van der Waals surface area contributed by atoms with E-state index in [2.05, 4.69) is 65.6 Å². The molecule has 0 aromatic heterocycles. The quantitative estimate of drug-likeness (QED) is 0.626. The summed E-state index contributed by atoms with van der Waals surface area (Å²) < 4.78 is 0. The van der Waals surface area contributed by atoms with Crippen molar-refractivity contribution in [3.63, 3.8) is 0 Å². The first-order valence-corrected chi connectivity index (χ1v) is 8.85. The summed E-state index contributed by atoms with van der Waals surface area (Å²) in [7, 11) is 1.85. The topological polar surface area (TPSA) is 39.7 Å². The first-order valence-electron chi connectivity index (χ1n) is 8.85. The Balaban J connectivity index is 1.73. The van der Waals surface area contributed by atoms with Crippen molar-refractivity contribution in [1.82, 2.24) is 15.5 Å². The Morgan fingerprint density at radius 3 is 2.65 bits per heavy atom. The zero-order valence-electron chi connectivity index (χ0n) is 15.1. The van der Waals surface area contributed by atoms with Gasteiger partial charge in [-0.05, 0) is 43.8 Å². The monoisotopic (exact) mass is 316 g/mol. The van der Waals surface area contributed by atoms with Crippen LogP contribution in [-0.2, 0) is 0 Å². The highest BCUT2D eigenvalue weighted by Gasteiger charge is 2.21. The highest BCUT2D eigenvalue weighted by atomic mass is 15.2. The number of benzene rings is 1. The highest BCUT2D eigenvalue weighted by molar-refractivity contribution is 5.79. The Hall–Kier alpha value is -1.55. The summed E-state index contributed by atoms with van der Waals surface area (Å²) >= 11 is 0. The molecule has 4 heteroatoms. The lowest BCUT2D eigenvalue weighted by molar-refractivity contribution is 0.342. The molecule has 2 unspecified atom stereocenters. The summed E-state index contributed by atoms with van der Waals surface area (Å²) in [5.41, 5.74) is 2.68. The van der Waals surface area contributed by atoms with Gasteiger partial charge < -0.3 is 15.5 Å². The van der Waals surface area contributed by atoms with Gasteiger partial charge in [0.15, 0.2) is 5.96 Å². The van der Waals surface area contributed by atoms with Gasteiger partial charge in [0.1, 0.15) is 0 Å². The summed E-state index contributed by atoms with van der Waals surface area (Å²) in [4.78, 5) is 6.86. The number of nitrogens with one attached hydrogen (secondary N) is 2. The van der Waals surface area contributed by atoms with E-state index in [1.54, 1.807) is 0 Å². The Labute approximate surface area is 141 Å². The average Bonchev–Trinajstić information content (AvgIpc) is 3.03. The van der Waals surface area contributed by atoms with E-state index in [-0.39, 0.29) is 0 Å². The fourth-order valence-corrected chi connectivity index (χ4v) is 3.09. The maximum absolute atomic E-state index is 4.35. The van der Waals surface area contributed by atoms with Crippen LogP contribution in [0.1, 0.15) is 37.3 Å². The molecule has 2 atom stereocenters. The first-order chi connectivity index (χ1) is 11.1. The van der Waals surface area contributed by atoms with Crippen LogP contribution in [-0.4, -0.2) is 50.6 Å². The predicted molar refractivity (Wildman–Crippen MR) is 99.2 cm³/mol. The van der Waals surface area contributed by atoms with Crippen LogP contribution < -0.4 is 10.6 Å². The van der Waals surface area contributed by atoms with Crippen LogP contribution in [0.25, 0.3) is 0 Å². The van der Waals surface area contributed by atoms with Gasteiger partial charge in [-0.15, -0.1) is 0 Å². The highest BCUT2D eigenvalue weighted by Crippen LogP contribution is 2.15. The van der Waals surface area contributed by atoms with Crippen molar-refractivity contribution in [3.8, 4) is 0 Å². The molecule has 2 N–H and O–H groups in total. The molecule has 2 rings (SSSR count). The lowest BCUT2D eigenvalue weighted by atomic mass is 10.0. The van der Waals surface area contributed by atoms with E-state index in [9.17, 15) is 0 Å². The van der Waals surface area contributed by atoms with Gasteiger partial charge in [-0.3, -0.25) is 4.99 Å². The van der Waals surface area contributed by atoms with Crippen molar-refractivity contribution in [3.05, 3.63) is 35.4 Å². The van der Waals surface area contributed by atoms with Crippen molar-refractivity contribution in [1.29, 1.82) is 0 Å². The molecule has 0 radical (unpaired) electrons. The summed E-state index contributed by atoms with van der Waals surface area (Å²) in [5, 5.41) is 6.94. The van der Waals surface area contributed by atoms with Gasteiger partial charge in [0.05, 0.1) is 0 Å². The Morgan fingerprint density at radius 2 is 2.04 bits per heavy atom. The van der Waals surface area contributed by atoms with Crippen LogP contribution in [0.4, 0.5) is 0 Å². The second kappa shape index (κ2) is 8.92. The molecule has 1 fully saturated rings. The predicted octanol–water partition coefficient (Wildman–Crippen LogP) is 2.61. The second-order valence-electron chi connectivity index (χ2n) is 6.69. The summed E-state index contributed by atoms with van der Waals surface area (Å²) in [6.07, 6.45) is 1.29. The van der Waals surface area contributed by atoms with E-state index in [0.29, 0.717) is 5.92 Å². The molecule has 0 bridgehead atoms. The molecular formula is C19H32N4. The smallest absolute Gasteiger partial charge is 0.191 e. The van der Waals surface area contributed by atoms with E-state index in [1.807, 2.05) is 7.05 Å². The molecule has 1 aromatic carbocycles. The number of nitrogens with zero attached hydrogens (tertiary/aromatic N) is 2. The molecule has 1 aliphatic rings. The van der Waals surface area contributed by atoms with Crippen LogP contribution in [0.15, 0.2) is 29.3 Å². The number of hydrogen-bond acceptors (Lipinski definition) is 2. The third-order valence-electron chi connectivity index (χ3n) is 4.82. The van der Waals surface area contributed by atoms with E-state index >= 15 is 0 Å². The SMILES string of the molecule is CCN1CCC(CNC(=NC)NCC(C)c2ccc(C)cc2)C1. The Bertz CT molecular complexity index is 495. The zero-order valence-corrected chi connectivity index (χ0v) is 15.1. The van der Waals surface area contributed by atoms with Crippen molar-refractivity contribution in [2.75, 3.05) is 39.8 Å². The van der Waals surface area contributed by atoms with Crippen molar-refractivity contribution >= 4 is 5.96 Å². The number of guanidine groups is 1. The normalized spacial score (nSPS) is 20.5. The van der Waals surface area contributed by atoms with Gasteiger partial charge in [-0.1, -0.05) is 43.7 Å². The molecule has 0 spiro atoms. The molecule has 23 heavy (non-hydrogen) atoms.